The zero-order valence-corrected chi connectivity index (χ0v) is 9.31. The molecule has 0 spiro atoms. The Kier molecular flexibility index (Phi) is 4.23. The molecule has 1 N–H and O–H groups in total. The molecular weight excluding hydrogens is 160 g/mol. The SMILES string of the molecule is C=C(C)C(C)(C#CC(C)C)C(C)O. The molecule has 0 radical (unpaired) electrons. The Balaban J connectivity index is 4.86. The van der Waals surface area contributed by atoms with Gasteiger partial charge >= 0.3 is 0 Å². The average Bonchev–Trinajstić information content (AvgIpc) is 1.99. The maximum absolute atomic E-state index is 9.59. The molecule has 1 nitrogen and oxygen atoms in total. The fourth-order valence-corrected chi connectivity index (χ4v) is 0.862. The summed E-state index contributed by atoms with van der Waals surface area (Å²) in [5.74, 6) is 6.50. The first-order valence-corrected chi connectivity index (χ1v) is 4.67. The van der Waals surface area contributed by atoms with Gasteiger partial charge in [-0.05, 0) is 20.8 Å². The van der Waals surface area contributed by atoms with Crippen LogP contribution in [0.1, 0.15) is 34.6 Å². The fraction of sp³-hybridized carbons (Fsp3) is 0.667. The number of aliphatic hydroxyl groups is 1. The van der Waals surface area contributed by atoms with Crippen LogP contribution in [0, 0.1) is 23.2 Å². The molecule has 0 aromatic rings. The summed E-state index contributed by atoms with van der Waals surface area (Å²) in [6.07, 6.45) is -0.476. The average molecular weight is 180 g/mol. The van der Waals surface area contributed by atoms with Crippen molar-refractivity contribution in [1.82, 2.24) is 0 Å². The minimum absolute atomic E-state index is 0.331. The molecule has 0 aliphatic rings. The van der Waals surface area contributed by atoms with E-state index in [1.807, 2.05) is 27.7 Å². The minimum atomic E-state index is -0.476. The second-order valence-corrected chi connectivity index (χ2v) is 4.08. The Bertz CT molecular complexity index is 240. The largest absolute Gasteiger partial charge is 0.392 e. The van der Waals surface area contributed by atoms with Crippen LogP contribution in [0.2, 0.25) is 0 Å². The topological polar surface area (TPSA) is 20.2 Å². The second kappa shape index (κ2) is 4.48. The lowest BCUT2D eigenvalue weighted by molar-refractivity contribution is 0.116. The van der Waals surface area contributed by atoms with Gasteiger partial charge in [-0.3, -0.25) is 0 Å². The zero-order chi connectivity index (χ0) is 10.6. The fourth-order valence-electron chi connectivity index (χ4n) is 0.862. The normalized spacial score (nSPS) is 17.2. The maximum Gasteiger partial charge on any atom is 0.0745 e. The summed E-state index contributed by atoms with van der Waals surface area (Å²) in [4.78, 5) is 0. The van der Waals surface area contributed by atoms with Crippen molar-refractivity contribution in [2.45, 2.75) is 40.7 Å². The van der Waals surface area contributed by atoms with Gasteiger partial charge in [-0.2, -0.15) is 0 Å². The number of hydrogen-bond donors (Lipinski definition) is 1. The lowest BCUT2D eigenvalue weighted by Gasteiger charge is -2.27. The van der Waals surface area contributed by atoms with E-state index in [-0.39, 0.29) is 0 Å². The predicted molar refractivity (Wildman–Crippen MR) is 57.2 cm³/mol. The van der Waals surface area contributed by atoms with Crippen LogP contribution in [-0.2, 0) is 0 Å². The molecule has 0 saturated heterocycles. The van der Waals surface area contributed by atoms with E-state index < -0.39 is 11.5 Å². The van der Waals surface area contributed by atoms with Crippen molar-refractivity contribution in [3.05, 3.63) is 12.2 Å². The van der Waals surface area contributed by atoms with Crippen LogP contribution in [0.5, 0.6) is 0 Å². The van der Waals surface area contributed by atoms with E-state index in [4.69, 9.17) is 0 Å². The first-order valence-electron chi connectivity index (χ1n) is 4.67. The van der Waals surface area contributed by atoms with Crippen LogP contribution >= 0.6 is 0 Å². The highest BCUT2D eigenvalue weighted by Gasteiger charge is 2.28. The Morgan fingerprint density at radius 2 is 1.85 bits per heavy atom. The van der Waals surface area contributed by atoms with Gasteiger partial charge in [0.2, 0.25) is 0 Å². The summed E-state index contributed by atoms with van der Waals surface area (Å²) in [5, 5.41) is 9.59. The molecule has 0 saturated carbocycles. The third-order valence-corrected chi connectivity index (χ3v) is 2.34. The van der Waals surface area contributed by atoms with Crippen molar-refractivity contribution in [2.24, 2.45) is 11.3 Å². The standard InChI is InChI=1S/C12H20O/c1-9(2)7-8-12(6,10(3)4)11(5)13/h9,11,13H,3H2,1-2,4-6H3. The first kappa shape index (κ1) is 12.3. The summed E-state index contributed by atoms with van der Waals surface area (Å²) in [6, 6.07) is 0. The predicted octanol–water partition coefficient (Wildman–Crippen LogP) is 2.61. The van der Waals surface area contributed by atoms with Gasteiger partial charge in [0.05, 0.1) is 11.5 Å². The zero-order valence-electron chi connectivity index (χ0n) is 9.31. The summed E-state index contributed by atoms with van der Waals surface area (Å²) in [6.45, 7) is 13.5. The van der Waals surface area contributed by atoms with Gasteiger partial charge in [-0.15, -0.1) is 0 Å². The number of hydrogen-bond acceptors (Lipinski definition) is 1. The molecule has 0 amide bonds. The molecule has 0 aromatic heterocycles. The minimum Gasteiger partial charge on any atom is -0.392 e. The van der Waals surface area contributed by atoms with Crippen LogP contribution in [0.15, 0.2) is 12.2 Å². The molecule has 0 aliphatic carbocycles. The molecule has 74 valence electrons. The molecule has 0 rings (SSSR count). The Labute approximate surface area is 81.9 Å². The molecule has 0 fully saturated rings. The van der Waals surface area contributed by atoms with Crippen LogP contribution in [0.25, 0.3) is 0 Å². The quantitative estimate of drug-likeness (QED) is 0.511. The van der Waals surface area contributed by atoms with Crippen molar-refractivity contribution in [1.29, 1.82) is 0 Å². The van der Waals surface area contributed by atoms with E-state index in [2.05, 4.69) is 18.4 Å². The molecule has 1 heteroatoms. The smallest absolute Gasteiger partial charge is 0.0745 e. The van der Waals surface area contributed by atoms with E-state index in [0.29, 0.717) is 5.92 Å². The third kappa shape index (κ3) is 3.24. The molecule has 2 unspecified atom stereocenters. The van der Waals surface area contributed by atoms with Gasteiger partial charge < -0.3 is 5.11 Å². The molecule has 0 aliphatic heterocycles. The Morgan fingerprint density at radius 1 is 1.38 bits per heavy atom. The van der Waals surface area contributed by atoms with Crippen molar-refractivity contribution < 1.29 is 5.11 Å². The highest BCUT2D eigenvalue weighted by Crippen LogP contribution is 2.28. The van der Waals surface area contributed by atoms with E-state index in [1.165, 1.54) is 0 Å². The Hall–Kier alpha value is -0.740. The van der Waals surface area contributed by atoms with Crippen LogP contribution in [-0.4, -0.2) is 11.2 Å². The monoisotopic (exact) mass is 180 g/mol. The molecule has 0 aromatic carbocycles. The number of rotatable bonds is 2. The number of aliphatic hydroxyl groups excluding tert-OH is 1. The van der Waals surface area contributed by atoms with Gasteiger partial charge in [0.25, 0.3) is 0 Å². The Morgan fingerprint density at radius 3 is 2.08 bits per heavy atom. The van der Waals surface area contributed by atoms with Crippen LogP contribution in [0.3, 0.4) is 0 Å². The first-order chi connectivity index (χ1) is 5.80. The van der Waals surface area contributed by atoms with E-state index in [0.717, 1.165) is 5.57 Å². The maximum atomic E-state index is 9.59. The third-order valence-electron chi connectivity index (χ3n) is 2.34. The summed E-state index contributed by atoms with van der Waals surface area (Å²) in [7, 11) is 0. The summed E-state index contributed by atoms with van der Waals surface area (Å²) in [5.41, 5.74) is 0.445. The van der Waals surface area contributed by atoms with Gasteiger partial charge in [-0.1, -0.05) is 37.8 Å². The van der Waals surface area contributed by atoms with Crippen molar-refractivity contribution >= 4 is 0 Å². The van der Waals surface area contributed by atoms with Crippen molar-refractivity contribution in [3.8, 4) is 11.8 Å². The lowest BCUT2D eigenvalue weighted by atomic mass is 9.79. The van der Waals surface area contributed by atoms with Gasteiger partial charge in [0.1, 0.15) is 0 Å². The van der Waals surface area contributed by atoms with E-state index >= 15 is 0 Å². The van der Waals surface area contributed by atoms with Crippen LogP contribution in [0.4, 0.5) is 0 Å². The molecular formula is C12H20O. The summed E-state index contributed by atoms with van der Waals surface area (Å²) < 4.78 is 0. The molecule has 2 atom stereocenters. The van der Waals surface area contributed by atoms with Crippen molar-refractivity contribution in [2.75, 3.05) is 0 Å². The van der Waals surface area contributed by atoms with E-state index in [9.17, 15) is 5.11 Å². The lowest BCUT2D eigenvalue weighted by Crippen LogP contribution is -2.29. The highest BCUT2D eigenvalue weighted by atomic mass is 16.3. The van der Waals surface area contributed by atoms with Gasteiger partial charge in [0, 0.05) is 5.92 Å². The van der Waals surface area contributed by atoms with Crippen molar-refractivity contribution in [3.63, 3.8) is 0 Å². The highest BCUT2D eigenvalue weighted by molar-refractivity contribution is 5.26. The van der Waals surface area contributed by atoms with Gasteiger partial charge in [0.15, 0.2) is 0 Å². The van der Waals surface area contributed by atoms with E-state index in [1.54, 1.807) is 6.92 Å². The van der Waals surface area contributed by atoms with Crippen LogP contribution < -0.4 is 0 Å². The molecule has 13 heavy (non-hydrogen) atoms. The molecule has 0 heterocycles. The van der Waals surface area contributed by atoms with Gasteiger partial charge in [-0.25, -0.2) is 0 Å². The summed E-state index contributed by atoms with van der Waals surface area (Å²) >= 11 is 0. The molecule has 0 bridgehead atoms. The second-order valence-electron chi connectivity index (χ2n) is 4.08.